The molecule has 5 heteroatoms. The predicted molar refractivity (Wildman–Crippen MR) is 63.3 cm³/mol. The number of aromatic nitrogens is 2. The quantitative estimate of drug-likeness (QED) is 0.808. The standard InChI is InChI=1S/C10H17ClN4/c1-3-15(4-2)6-5-13-10-9(11)7-12-8-14-10/h7-8H,3-6H2,1-2H3,(H,12,13,14). The maximum Gasteiger partial charge on any atom is 0.148 e. The van der Waals surface area contributed by atoms with Crippen molar-refractivity contribution >= 4 is 17.4 Å². The molecule has 0 saturated heterocycles. The lowest BCUT2D eigenvalue weighted by Gasteiger charge is -2.18. The monoisotopic (exact) mass is 228 g/mol. The Hall–Kier alpha value is -0.870. The average Bonchev–Trinajstić information content (AvgIpc) is 2.27. The van der Waals surface area contributed by atoms with E-state index in [2.05, 4.69) is 34.0 Å². The van der Waals surface area contributed by atoms with Gasteiger partial charge in [-0.1, -0.05) is 25.4 Å². The summed E-state index contributed by atoms with van der Waals surface area (Å²) in [6.45, 7) is 8.28. The molecule has 0 aliphatic carbocycles. The van der Waals surface area contributed by atoms with E-state index in [1.165, 1.54) is 6.33 Å². The number of nitrogens with one attached hydrogen (secondary N) is 1. The summed E-state index contributed by atoms with van der Waals surface area (Å²) in [5, 5.41) is 3.75. The Bertz CT molecular complexity index is 289. The van der Waals surface area contributed by atoms with E-state index in [1.807, 2.05) is 0 Å². The minimum absolute atomic E-state index is 0.567. The van der Waals surface area contributed by atoms with Crippen LogP contribution in [-0.2, 0) is 0 Å². The number of hydrogen-bond acceptors (Lipinski definition) is 4. The molecule has 0 saturated carbocycles. The Labute approximate surface area is 95.7 Å². The van der Waals surface area contributed by atoms with Crippen LogP contribution in [0.15, 0.2) is 12.5 Å². The molecule has 0 amide bonds. The molecule has 0 spiro atoms. The number of halogens is 1. The SMILES string of the molecule is CCN(CC)CCNc1ncncc1Cl. The molecule has 0 unspecified atom stereocenters. The van der Waals surface area contributed by atoms with Gasteiger partial charge in [-0.15, -0.1) is 0 Å². The molecule has 0 aliphatic heterocycles. The van der Waals surface area contributed by atoms with Crippen molar-refractivity contribution in [1.29, 1.82) is 0 Å². The first kappa shape index (κ1) is 12.2. The average molecular weight is 229 g/mol. The van der Waals surface area contributed by atoms with E-state index in [0.29, 0.717) is 10.8 Å². The maximum absolute atomic E-state index is 5.91. The Morgan fingerprint density at radius 1 is 1.40 bits per heavy atom. The van der Waals surface area contributed by atoms with E-state index in [4.69, 9.17) is 11.6 Å². The fourth-order valence-electron chi connectivity index (χ4n) is 1.31. The lowest BCUT2D eigenvalue weighted by Crippen LogP contribution is -2.28. The van der Waals surface area contributed by atoms with Crippen LogP contribution < -0.4 is 5.32 Å². The Morgan fingerprint density at radius 2 is 2.13 bits per heavy atom. The van der Waals surface area contributed by atoms with Gasteiger partial charge < -0.3 is 10.2 Å². The first-order valence-electron chi connectivity index (χ1n) is 5.19. The number of hydrogen-bond donors (Lipinski definition) is 1. The molecule has 1 aromatic rings. The largest absolute Gasteiger partial charge is 0.367 e. The second kappa shape index (κ2) is 6.58. The van der Waals surface area contributed by atoms with Crippen LogP contribution in [0, 0.1) is 0 Å². The van der Waals surface area contributed by atoms with Crippen LogP contribution in [0.2, 0.25) is 5.02 Å². The van der Waals surface area contributed by atoms with Crippen LogP contribution in [0.25, 0.3) is 0 Å². The third-order valence-corrected chi connectivity index (χ3v) is 2.56. The summed E-state index contributed by atoms with van der Waals surface area (Å²) in [7, 11) is 0. The number of likely N-dealkylation sites (N-methyl/N-ethyl adjacent to an activating group) is 1. The highest BCUT2D eigenvalue weighted by Crippen LogP contribution is 2.15. The van der Waals surface area contributed by atoms with Gasteiger partial charge in [-0.05, 0) is 13.1 Å². The van der Waals surface area contributed by atoms with Gasteiger partial charge in [0.05, 0.1) is 6.20 Å². The van der Waals surface area contributed by atoms with Gasteiger partial charge in [0.2, 0.25) is 0 Å². The van der Waals surface area contributed by atoms with E-state index in [-0.39, 0.29) is 0 Å². The lowest BCUT2D eigenvalue weighted by atomic mass is 10.4. The Morgan fingerprint density at radius 3 is 2.73 bits per heavy atom. The zero-order valence-corrected chi connectivity index (χ0v) is 9.96. The molecule has 4 nitrogen and oxygen atoms in total. The molecule has 0 aromatic carbocycles. The van der Waals surface area contributed by atoms with Crippen molar-refractivity contribution in [1.82, 2.24) is 14.9 Å². The maximum atomic E-state index is 5.91. The molecular weight excluding hydrogens is 212 g/mol. The molecule has 15 heavy (non-hydrogen) atoms. The van der Waals surface area contributed by atoms with Crippen LogP contribution >= 0.6 is 11.6 Å². The molecule has 0 bridgehead atoms. The lowest BCUT2D eigenvalue weighted by molar-refractivity contribution is 0.316. The third-order valence-electron chi connectivity index (χ3n) is 2.28. The van der Waals surface area contributed by atoms with Gasteiger partial charge in [-0.25, -0.2) is 9.97 Å². The van der Waals surface area contributed by atoms with Crippen molar-refractivity contribution < 1.29 is 0 Å². The summed E-state index contributed by atoms with van der Waals surface area (Å²) >= 11 is 5.91. The van der Waals surface area contributed by atoms with Crippen LogP contribution in [-0.4, -0.2) is 41.0 Å². The minimum Gasteiger partial charge on any atom is -0.367 e. The van der Waals surface area contributed by atoms with Crippen molar-refractivity contribution in [2.24, 2.45) is 0 Å². The van der Waals surface area contributed by atoms with Gasteiger partial charge in [-0.2, -0.15) is 0 Å². The number of anilines is 1. The number of rotatable bonds is 6. The first-order chi connectivity index (χ1) is 7.27. The van der Waals surface area contributed by atoms with Crippen LogP contribution in [0.3, 0.4) is 0 Å². The molecule has 0 radical (unpaired) electrons. The highest BCUT2D eigenvalue weighted by molar-refractivity contribution is 6.32. The topological polar surface area (TPSA) is 41.0 Å². The third kappa shape index (κ3) is 4.01. The summed E-state index contributed by atoms with van der Waals surface area (Å²) in [5.74, 6) is 0.707. The van der Waals surface area contributed by atoms with E-state index < -0.39 is 0 Å². The smallest absolute Gasteiger partial charge is 0.148 e. The van der Waals surface area contributed by atoms with Gasteiger partial charge in [0.15, 0.2) is 0 Å². The summed E-state index contributed by atoms with van der Waals surface area (Å²) in [6, 6.07) is 0. The molecule has 1 N–H and O–H groups in total. The first-order valence-corrected chi connectivity index (χ1v) is 5.57. The normalized spacial score (nSPS) is 10.7. The fraction of sp³-hybridized carbons (Fsp3) is 0.600. The van der Waals surface area contributed by atoms with Crippen LogP contribution in [0.1, 0.15) is 13.8 Å². The van der Waals surface area contributed by atoms with E-state index in [9.17, 15) is 0 Å². The van der Waals surface area contributed by atoms with Crippen molar-refractivity contribution in [2.75, 3.05) is 31.5 Å². The Kier molecular flexibility index (Phi) is 5.36. The zero-order valence-electron chi connectivity index (χ0n) is 9.20. The summed E-state index contributed by atoms with van der Waals surface area (Å²) in [5.41, 5.74) is 0. The van der Waals surface area contributed by atoms with Crippen molar-refractivity contribution in [3.8, 4) is 0 Å². The van der Waals surface area contributed by atoms with E-state index >= 15 is 0 Å². The highest BCUT2D eigenvalue weighted by atomic mass is 35.5. The highest BCUT2D eigenvalue weighted by Gasteiger charge is 2.01. The van der Waals surface area contributed by atoms with Gasteiger partial charge in [0.1, 0.15) is 17.2 Å². The van der Waals surface area contributed by atoms with Gasteiger partial charge >= 0.3 is 0 Å². The molecule has 1 rings (SSSR count). The summed E-state index contributed by atoms with van der Waals surface area (Å²) in [6.07, 6.45) is 3.08. The van der Waals surface area contributed by atoms with Crippen LogP contribution in [0.5, 0.6) is 0 Å². The van der Waals surface area contributed by atoms with E-state index in [1.54, 1.807) is 6.20 Å². The molecule has 0 aliphatic rings. The van der Waals surface area contributed by atoms with Crippen LogP contribution in [0.4, 0.5) is 5.82 Å². The molecule has 84 valence electrons. The van der Waals surface area contributed by atoms with Gasteiger partial charge in [0.25, 0.3) is 0 Å². The van der Waals surface area contributed by atoms with Gasteiger partial charge in [-0.3, -0.25) is 0 Å². The molecule has 1 heterocycles. The molecular formula is C10H17ClN4. The second-order valence-corrected chi connectivity index (χ2v) is 3.58. The van der Waals surface area contributed by atoms with Crippen molar-refractivity contribution in [3.05, 3.63) is 17.5 Å². The number of nitrogens with zero attached hydrogens (tertiary/aromatic N) is 3. The van der Waals surface area contributed by atoms with Crippen molar-refractivity contribution in [3.63, 3.8) is 0 Å². The molecule has 0 atom stereocenters. The van der Waals surface area contributed by atoms with E-state index in [0.717, 1.165) is 26.2 Å². The minimum atomic E-state index is 0.567. The zero-order chi connectivity index (χ0) is 11.1. The summed E-state index contributed by atoms with van der Waals surface area (Å²) in [4.78, 5) is 10.2. The predicted octanol–water partition coefficient (Wildman–Crippen LogP) is 1.88. The van der Waals surface area contributed by atoms with Gasteiger partial charge in [0, 0.05) is 13.1 Å². The summed E-state index contributed by atoms with van der Waals surface area (Å²) < 4.78 is 0. The molecule has 0 fully saturated rings. The Balaban J connectivity index is 2.34. The fourth-order valence-corrected chi connectivity index (χ4v) is 1.49. The molecule has 1 aromatic heterocycles. The second-order valence-electron chi connectivity index (χ2n) is 3.17. The van der Waals surface area contributed by atoms with Crippen molar-refractivity contribution in [2.45, 2.75) is 13.8 Å².